The average Bonchev–Trinajstić information content (AvgIpc) is 2.81. The fraction of sp³-hybridized carbons (Fsp3) is 0.500. The van der Waals surface area contributed by atoms with Gasteiger partial charge in [-0.05, 0) is 103 Å². The molecule has 0 bridgehead atoms. The molecule has 7 nitrogen and oxygen atoms in total. The minimum absolute atomic E-state index is 0.320. The van der Waals surface area contributed by atoms with Gasteiger partial charge >= 0.3 is 6.09 Å². The summed E-state index contributed by atoms with van der Waals surface area (Å²) in [6.45, 7) is 11.4. The highest BCUT2D eigenvalue weighted by molar-refractivity contribution is 7.99. The molecule has 1 N–H and O–H groups in total. The molecule has 2 amide bonds. The first kappa shape index (κ1) is 28.0. The minimum atomic E-state index is -0.793. The van der Waals surface area contributed by atoms with Crippen LogP contribution in [0.5, 0.6) is 11.5 Å². The van der Waals surface area contributed by atoms with Gasteiger partial charge in [-0.2, -0.15) is 0 Å². The molecule has 1 heterocycles. The number of piperidine rings is 1. The van der Waals surface area contributed by atoms with Crippen LogP contribution in [-0.4, -0.2) is 46.6 Å². The second-order valence-electron chi connectivity index (χ2n) is 10.9. The number of hydrogen-bond acceptors (Lipinski definition) is 7. The summed E-state index contributed by atoms with van der Waals surface area (Å²) in [6, 6.07) is 17.2. The minimum Gasteiger partial charge on any atom is -0.457 e. The number of nitrogens with zero attached hydrogens (tertiary/aromatic N) is 1. The van der Waals surface area contributed by atoms with E-state index in [1.165, 1.54) is 0 Å². The van der Waals surface area contributed by atoms with Gasteiger partial charge in [0.25, 0.3) is 5.91 Å². The molecular weight excluding hydrogens is 476 g/mol. The molecule has 0 saturated carbocycles. The Kier molecular flexibility index (Phi) is 9.44. The van der Waals surface area contributed by atoms with Crippen LogP contribution in [0.25, 0.3) is 0 Å². The summed E-state index contributed by atoms with van der Waals surface area (Å²) in [5, 5.41) is 4.05. The van der Waals surface area contributed by atoms with Crippen molar-refractivity contribution in [1.82, 2.24) is 10.4 Å². The van der Waals surface area contributed by atoms with Crippen molar-refractivity contribution in [3.63, 3.8) is 0 Å². The predicted octanol–water partition coefficient (Wildman–Crippen LogP) is 6.43. The maximum absolute atomic E-state index is 13.3. The largest absolute Gasteiger partial charge is 0.457 e. The van der Waals surface area contributed by atoms with Crippen LogP contribution in [0.3, 0.4) is 0 Å². The number of rotatable bonds is 7. The molecular formula is C28H38N2O5S. The summed E-state index contributed by atoms with van der Waals surface area (Å²) in [6.07, 6.45) is 0.783. The van der Waals surface area contributed by atoms with Gasteiger partial charge in [0.05, 0.1) is 11.6 Å². The van der Waals surface area contributed by atoms with Crippen LogP contribution < -0.4 is 10.1 Å². The van der Waals surface area contributed by atoms with Crippen molar-refractivity contribution in [3.05, 3.63) is 54.6 Å². The van der Waals surface area contributed by atoms with E-state index < -0.39 is 29.2 Å². The first-order chi connectivity index (χ1) is 16.9. The number of nitrogens with one attached hydrogen (secondary N) is 1. The molecule has 2 aromatic carbocycles. The third-order valence-electron chi connectivity index (χ3n) is 5.22. The molecule has 2 atom stereocenters. The summed E-state index contributed by atoms with van der Waals surface area (Å²) in [4.78, 5) is 33.0. The van der Waals surface area contributed by atoms with Crippen LogP contribution in [0.15, 0.2) is 59.5 Å². The first-order valence-corrected chi connectivity index (χ1v) is 13.3. The van der Waals surface area contributed by atoms with E-state index in [0.717, 1.165) is 33.6 Å². The second kappa shape index (κ2) is 12.1. The van der Waals surface area contributed by atoms with Crippen LogP contribution in [0.2, 0.25) is 0 Å². The Bertz CT molecular complexity index is 999. The van der Waals surface area contributed by atoms with Crippen molar-refractivity contribution in [2.45, 2.75) is 76.5 Å². The Hall–Kier alpha value is -2.55. The fourth-order valence-electron chi connectivity index (χ4n) is 3.67. The van der Waals surface area contributed by atoms with Crippen LogP contribution >= 0.6 is 11.8 Å². The lowest BCUT2D eigenvalue weighted by atomic mass is 9.93. The number of benzene rings is 2. The van der Waals surface area contributed by atoms with Gasteiger partial charge in [0.15, 0.2) is 0 Å². The number of ether oxygens (including phenoxy) is 2. The van der Waals surface area contributed by atoms with Gasteiger partial charge in [-0.1, -0.05) is 18.2 Å². The molecule has 2 unspecified atom stereocenters. The number of amides is 2. The Balaban J connectivity index is 1.57. The highest BCUT2D eigenvalue weighted by Crippen LogP contribution is 2.30. The van der Waals surface area contributed by atoms with Gasteiger partial charge in [0.2, 0.25) is 0 Å². The van der Waals surface area contributed by atoms with Crippen LogP contribution in [0.4, 0.5) is 4.79 Å². The predicted molar refractivity (Wildman–Crippen MR) is 142 cm³/mol. The van der Waals surface area contributed by atoms with Gasteiger partial charge in [0.1, 0.15) is 17.1 Å². The summed E-state index contributed by atoms with van der Waals surface area (Å²) in [7, 11) is 0. The van der Waals surface area contributed by atoms with Crippen molar-refractivity contribution < 1.29 is 23.9 Å². The molecule has 0 aliphatic carbocycles. The van der Waals surface area contributed by atoms with E-state index in [4.69, 9.17) is 14.3 Å². The molecule has 196 valence electrons. The molecule has 2 aromatic rings. The van der Waals surface area contributed by atoms with E-state index in [2.05, 4.69) is 5.32 Å². The zero-order chi connectivity index (χ0) is 26.3. The molecule has 1 aliphatic heterocycles. The molecule has 3 rings (SSSR count). The zero-order valence-electron chi connectivity index (χ0n) is 22.1. The topological polar surface area (TPSA) is 77.1 Å². The normalized spacial score (nSPS) is 18.4. The molecule has 1 aliphatic rings. The van der Waals surface area contributed by atoms with Gasteiger partial charge in [0, 0.05) is 10.6 Å². The van der Waals surface area contributed by atoms with Crippen molar-refractivity contribution in [2.75, 3.05) is 12.3 Å². The summed E-state index contributed by atoms with van der Waals surface area (Å²) in [5.74, 6) is 2.37. The van der Waals surface area contributed by atoms with E-state index in [1.54, 1.807) is 53.3 Å². The Morgan fingerprint density at radius 1 is 0.944 bits per heavy atom. The Morgan fingerprint density at radius 3 is 2.19 bits per heavy atom. The van der Waals surface area contributed by atoms with E-state index in [0.29, 0.717) is 18.9 Å². The molecule has 8 heteroatoms. The van der Waals surface area contributed by atoms with Crippen molar-refractivity contribution in [3.8, 4) is 11.5 Å². The quantitative estimate of drug-likeness (QED) is 0.337. The number of thioether (sulfide) groups is 1. The monoisotopic (exact) mass is 514 g/mol. The van der Waals surface area contributed by atoms with E-state index in [-0.39, 0.29) is 0 Å². The lowest BCUT2D eigenvalue weighted by Crippen LogP contribution is -2.54. The summed E-state index contributed by atoms with van der Waals surface area (Å²) >= 11 is 1.76. The fourth-order valence-corrected chi connectivity index (χ4v) is 4.73. The zero-order valence-corrected chi connectivity index (χ0v) is 22.9. The van der Waals surface area contributed by atoms with Gasteiger partial charge < -0.3 is 14.8 Å². The number of para-hydroxylation sites is 1. The van der Waals surface area contributed by atoms with Gasteiger partial charge in [-0.3, -0.25) is 9.63 Å². The first-order valence-electron chi connectivity index (χ1n) is 12.3. The third kappa shape index (κ3) is 9.15. The van der Waals surface area contributed by atoms with Crippen LogP contribution in [0, 0.1) is 5.92 Å². The SMILES string of the molecule is CC(C)(C)OC(=O)N(OC(C)(C)C)C(=O)C1CC(CSc2ccc(Oc3ccccc3)cc2)CCN1. The lowest BCUT2D eigenvalue weighted by molar-refractivity contribution is -0.216. The molecule has 1 saturated heterocycles. The highest BCUT2D eigenvalue weighted by Gasteiger charge is 2.38. The third-order valence-corrected chi connectivity index (χ3v) is 6.47. The average molecular weight is 515 g/mol. The van der Waals surface area contributed by atoms with Crippen LogP contribution in [0.1, 0.15) is 54.4 Å². The van der Waals surface area contributed by atoms with Crippen molar-refractivity contribution in [1.29, 1.82) is 0 Å². The smallest absolute Gasteiger partial charge is 0.442 e. The highest BCUT2D eigenvalue weighted by atomic mass is 32.2. The number of hydroxylamine groups is 2. The second-order valence-corrected chi connectivity index (χ2v) is 12.0. The van der Waals surface area contributed by atoms with E-state index in [1.807, 2.05) is 54.6 Å². The van der Waals surface area contributed by atoms with Crippen molar-refractivity contribution in [2.24, 2.45) is 5.92 Å². The maximum Gasteiger partial charge on any atom is 0.442 e. The number of carbonyl (C=O) groups excluding carboxylic acids is 2. The van der Waals surface area contributed by atoms with Crippen LogP contribution in [-0.2, 0) is 14.4 Å². The number of hydrogen-bond donors (Lipinski definition) is 1. The standard InChI is InChI=1S/C28H38N2O5S/c1-27(2,3)34-26(32)30(35-28(4,5)6)25(31)24-18-20(16-17-29-24)19-36-23-14-12-22(13-15-23)33-21-10-8-7-9-11-21/h7-15,20,24,29H,16-19H2,1-6H3. The number of carbonyl (C=O) groups is 2. The lowest BCUT2D eigenvalue weighted by Gasteiger charge is -2.35. The summed E-state index contributed by atoms with van der Waals surface area (Å²) < 4.78 is 11.3. The Labute approximate surface area is 218 Å². The molecule has 0 radical (unpaired) electrons. The van der Waals surface area contributed by atoms with Crippen molar-refractivity contribution >= 4 is 23.8 Å². The Morgan fingerprint density at radius 2 is 1.58 bits per heavy atom. The molecule has 0 aromatic heterocycles. The molecule has 36 heavy (non-hydrogen) atoms. The number of imide groups is 1. The van der Waals surface area contributed by atoms with Gasteiger partial charge in [-0.15, -0.1) is 16.8 Å². The molecule has 0 spiro atoms. The molecule has 1 fully saturated rings. The maximum atomic E-state index is 13.3. The van der Waals surface area contributed by atoms with E-state index in [9.17, 15) is 9.59 Å². The van der Waals surface area contributed by atoms with Gasteiger partial charge in [-0.25, -0.2) is 4.79 Å². The van der Waals surface area contributed by atoms with E-state index >= 15 is 0 Å². The summed E-state index contributed by atoms with van der Waals surface area (Å²) in [5.41, 5.74) is -1.47.